The fraction of sp³-hybridized carbons (Fsp3) is 0.0909. The van der Waals surface area contributed by atoms with E-state index in [0.29, 0.717) is 33.7 Å². The minimum Gasteiger partial charge on any atom is -0.461 e. The summed E-state index contributed by atoms with van der Waals surface area (Å²) >= 11 is 1.24. The molecule has 2 heterocycles. The summed E-state index contributed by atoms with van der Waals surface area (Å²) in [7, 11) is 1.81. The highest BCUT2D eigenvalue weighted by Gasteiger charge is 2.16. The number of aromatic nitrogens is 3. The Bertz CT molecular complexity index is 1190. The molecule has 0 radical (unpaired) electrons. The number of para-hydroxylation sites is 2. The van der Waals surface area contributed by atoms with Gasteiger partial charge in [0.1, 0.15) is 0 Å². The molecule has 8 nitrogen and oxygen atoms in total. The van der Waals surface area contributed by atoms with Crippen LogP contribution in [0.3, 0.4) is 0 Å². The highest BCUT2D eigenvalue weighted by Crippen LogP contribution is 2.23. The van der Waals surface area contributed by atoms with Crippen LogP contribution in [0, 0.1) is 0 Å². The van der Waals surface area contributed by atoms with Crippen molar-refractivity contribution in [3.05, 3.63) is 78.6 Å². The number of amides is 2. The molecule has 0 saturated carbocycles. The van der Waals surface area contributed by atoms with E-state index in [1.807, 2.05) is 18.2 Å². The van der Waals surface area contributed by atoms with E-state index in [2.05, 4.69) is 20.8 Å². The molecule has 2 aromatic heterocycles. The molecule has 156 valence electrons. The van der Waals surface area contributed by atoms with Crippen LogP contribution >= 0.6 is 11.8 Å². The lowest BCUT2D eigenvalue weighted by molar-refractivity contribution is -0.113. The van der Waals surface area contributed by atoms with Crippen LogP contribution in [0.25, 0.3) is 11.6 Å². The van der Waals surface area contributed by atoms with Crippen LogP contribution in [0.15, 0.2) is 82.6 Å². The van der Waals surface area contributed by atoms with Crippen LogP contribution in [0.1, 0.15) is 10.4 Å². The standard InChI is InChI=1S/C22H19N5O3S/c1-27-20(18-12-7-13-30-18)25-26-22(27)31-14-19(28)24-17-11-6-5-10-16(17)21(29)23-15-8-3-2-4-9-15/h2-13H,14H2,1H3,(H,23,29)(H,24,28). The molecule has 0 saturated heterocycles. The van der Waals surface area contributed by atoms with E-state index in [-0.39, 0.29) is 17.6 Å². The van der Waals surface area contributed by atoms with Crippen molar-refractivity contribution in [2.75, 3.05) is 16.4 Å². The maximum Gasteiger partial charge on any atom is 0.257 e. The second kappa shape index (κ2) is 9.31. The van der Waals surface area contributed by atoms with E-state index in [4.69, 9.17) is 4.42 Å². The normalized spacial score (nSPS) is 10.6. The molecule has 0 spiro atoms. The average Bonchev–Trinajstić information content (AvgIpc) is 3.43. The number of carbonyl (C=O) groups is 2. The highest BCUT2D eigenvalue weighted by atomic mass is 32.2. The van der Waals surface area contributed by atoms with Crippen molar-refractivity contribution in [2.45, 2.75) is 5.16 Å². The van der Waals surface area contributed by atoms with E-state index in [0.717, 1.165) is 0 Å². The number of nitrogens with one attached hydrogen (secondary N) is 2. The largest absolute Gasteiger partial charge is 0.461 e. The van der Waals surface area contributed by atoms with Gasteiger partial charge in [-0.3, -0.25) is 9.59 Å². The Labute approximate surface area is 182 Å². The number of furan rings is 1. The van der Waals surface area contributed by atoms with Gasteiger partial charge in [0.2, 0.25) is 5.91 Å². The van der Waals surface area contributed by atoms with Gasteiger partial charge in [-0.1, -0.05) is 42.1 Å². The fourth-order valence-corrected chi connectivity index (χ4v) is 3.60. The molecule has 2 N–H and O–H groups in total. The summed E-state index contributed by atoms with van der Waals surface area (Å²) in [6.07, 6.45) is 1.57. The number of benzene rings is 2. The van der Waals surface area contributed by atoms with E-state index in [1.165, 1.54) is 11.8 Å². The Morgan fingerprint density at radius 1 is 0.968 bits per heavy atom. The average molecular weight is 433 g/mol. The zero-order valence-electron chi connectivity index (χ0n) is 16.6. The van der Waals surface area contributed by atoms with Crippen molar-refractivity contribution in [1.29, 1.82) is 0 Å². The summed E-state index contributed by atoms with van der Waals surface area (Å²) in [5.74, 6) is 0.734. The first-order valence-corrected chi connectivity index (χ1v) is 10.4. The molecule has 2 amide bonds. The maximum atomic E-state index is 12.7. The van der Waals surface area contributed by atoms with E-state index >= 15 is 0 Å². The molecule has 2 aromatic carbocycles. The number of hydrogen-bond donors (Lipinski definition) is 2. The molecule has 4 rings (SSSR count). The van der Waals surface area contributed by atoms with Gasteiger partial charge in [0, 0.05) is 12.7 Å². The molecule has 9 heteroatoms. The van der Waals surface area contributed by atoms with Crippen LogP contribution in [0.5, 0.6) is 0 Å². The van der Waals surface area contributed by atoms with Crippen molar-refractivity contribution in [3.8, 4) is 11.6 Å². The zero-order chi connectivity index (χ0) is 21.6. The van der Waals surface area contributed by atoms with Crippen molar-refractivity contribution in [3.63, 3.8) is 0 Å². The minimum absolute atomic E-state index is 0.110. The SMILES string of the molecule is Cn1c(SCC(=O)Nc2ccccc2C(=O)Nc2ccccc2)nnc1-c1ccco1. The molecule has 0 bridgehead atoms. The first-order chi connectivity index (χ1) is 15.1. The first-order valence-electron chi connectivity index (χ1n) is 9.43. The predicted octanol–water partition coefficient (Wildman–Crippen LogP) is 4.06. The summed E-state index contributed by atoms with van der Waals surface area (Å²) in [6, 6.07) is 19.6. The van der Waals surface area contributed by atoms with Crippen LogP contribution < -0.4 is 10.6 Å². The summed E-state index contributed by atoms with van der Waals surface area (Å²) < 4.78 is 7.11. The topological polar surface area (TPSA) is 102 Å². The summed E-state index contributed by atoms with van der Waals surface area (Å²) in [5.41, 5.74) is 1.50. The van der Waals surface area contributed by atoms with Crippen LogP contribution in [0.2, 0.25) is 0 Å². The van der Waals surface area contributed by atoms with Crippen molar-refractivity contribution >= 4 is 35.0 Å². The summed E-state index contributed by atoms with van der Waals surface area (Å²) in [6.45, 7) is 0. The fourth-order valence-electron chi connectivity index (χ4n) is 2.89. The molecular weight excluding hydrogens is 414 g/mol. The van der Waals surface area contributed by atoms with Gasteiger partial charge in [0.05, 0.1) is 23.3 Å². The van der Waals surface area contributed by atoms with Gasteiger partial charge in [-0.15, -0.1) is 10.2 Å². The molecule has 31 heavy (non-hydrogen) atoms. The van der Waals surface area contributed by atoms with Gasteiger partial charge in [-0.2, -0.15) is 0 Å². The Morgan fingerprint density at radius 2 is 1.74 bits per heavy atom. The van der Waals surface area contributed by atoms with E-state index < -0.39 is 0 Å². The Morgan fingerprint density at radius 3 is 2.52 bits per heavy atom. The summed E-state index contributed by atoms with van der Waals surface area (Å²) in [5, 5.41) is 14.4. The molecule has 0 aliphatic heterocycles. The Balaban J connectivity index is 1.40. The van der Waals surface area contributed by atoms with Gasteiger partial charge >= 0.3 is 0 Å². The monoisotopic (exact) mass is 433 g/mol. The maximum absolute atomic E-state index is 12.7. The number of hydrogen-bond acceptors (Lipinski definition) is 6. The molecule has 0 aliphatic rings. The first kappa shape index (κ1) is 20.4. The molecule has 0 fully saturated rings. The summed E-state index contributed by atoms with van der Waals surface area (Å²) in [4.78, 5) is 25.2. The molecule has 0 aliphatic carbocycles. The Hall–Kier alpha value is -3.85. The quantitative estimate of drug-likeness (QED) is 0.426. The highest BCUT2D eigenvalue weighted by molar-refractivity contribution is 7.99. The van der Waals surface area contributed by atoms with Gasteiger partial charge in [0.25, 0.3) is 5.91 Å². The van der Waals surface area contributed by atoms with E-state index in [1.54, 1.807) is 66.4 Å². The van der Waals surface area contributed by atoms with Gasteiger partial charge < -0.3 is 19.6 Å². The molecule has 0 atom stereocenters. The third kappa shape index (κ3) is 4.84. The zero-order valence-corrected chi connectivity index (χ0v) is 17.4. The second-order valence-electron chi connectivity index (χ2n) is 6.55. The number of nitrogens with zero attached hydrogens (tertiary/aromatic N) is 3. The lowest BCUT2D eigenvalue weighted by atomic mass is 10.1. The molecule has 0 unspecified atom stereocenters. The molecule has 4 aromatic rings. The molecular formula is C22H19N5O3S. The van der Waals surface area contributed by atoms with Gasteiger partial charge in [-0.05, 0) is 36.4 Å². The predicted molar refractivity (Wildman–Crippen MR) is 119 cm³/mol. The smallest absolute Gasteiger partial charge is 0.257 e. The number of carbonyl (C=O) groups excluding carboxylic acids is 2. The van der Waals surface area contributed by atoms with Crippen LogP contribution in [-0.4, -0.2) is 32.3 Å². The number of rotatable bonds is 7. The van der Waals surface area contributed by atoms with Gasteiger partial charge in [0.15, 0.2) is 16.7 Å². The number of thioether (sulfide) groups is 1. The second-order valence-corrected chi connectivity index (χ2v) is 7.49. The van der Waals surface area contributed by atoms with Gasteiger partial charge in [-0.25, -0.2) is 0 Å². The van der Waals surface area contributed by atoms with Crippen LogP contribution in [-0.2, 0) is 11.8 Å². The lowest BCUT2D eigenvalue weighted by Crippen LogP contribution is -2.19. The minimum atomic E-state index is -0.300. The third-order valence-electron chi connectivity index (χ3n) is 4.39. The lowest BCUT2D eigenvalue weighted by Gasteiger charge is -2.11. The van der Waals surface area contributed by atoms with Crippen molar-refractivity contribution in [1.82, 2.24) is 14.8 Å². The van der Waals surface area contributed by atoms with Crippen molar-refractivity contribution < 1.29 is 14.0 Å². The van der Waals surface area contributed by atoms with E-state index in [9.17, 15) is 9.59 Å². The number of anilines is 2. The Kier molecular flexibility index (Phi) is 6.13. The third-order valence-corrected chi connectivity index (χ3v) is 5.41. The van der Waals surface area contributed by atoms with Crippen LogP contribution in [0.4, 0.5) is 11.4 Å². The van der Waals surface area contributed by atoms with Crippen molar-refractivity contribution in [2.24, 2.45) is 7.05 Å².